The quantitative estimate of drug-likeness (QED) is 0.465. The maximum Gasteiger partial charge on any atom is 0.143 e. The zero-order valence-corrected chi connectivity index (χ0v) is 17.9. The number of nitriles is 1. The molecule has 0 fully saturated rings. The number of benzene rings is 2. The van der Waals surface area contributed by atoms with Crippen molar-refractivity contribution in [2.45, 2.75) is 13.5 Å². The summed E-state index contributed by atoms with van der Waals surface area (Å²) in [5.41, 5.74) is 8.39. The molecule has 2 heterocycles. The van der Waals surface area contributed by atoms with Gasteiger partial charge in [-0.2, -0.15) is 9.94 Å². The van der Waals surface area contributed by atoms with Gasteiger partial charge in [0.05, 0.1) is 16.9 Å². The SMILES string of the molecule is CCO.N#Cc1cc(Cl)ccc1-n1cnnn1.NCc1cc(Cl)ccc1-n1cnnn1. The molecule has 0 amide bonds. The number of hydrogen-bond acceptors (Lipinski definition) is 9. The van der Waals surface area contributed by atoms with Crippen LogP contribution in [-0.2, 0) is 6.54 Å². The first-order valence-electron chi connectivity index (χ1n) is 8.79. The topological polar surface area (TPSA) is 157 Å². The van der Waals surface area contributed by atoms with Gasteiger partial charge in [0.15, 0.2) is 0 Å². The maximum absolute atomic E-state index is 8.85. The van der Waals surface area contributed by atoms with Crippen LogP contribution in [0, 0.1) is 11.3 Å². The third-order valence-corrected chi connectivity index (χ3v) is 4.00. The van der Waals surface area contributed by atoms with Crippen molar-refractivity contribution in [3.05, 3.63) is 70.2 Å². The zero-order valence-electron chi connectivity index (χ0n) is 16.3. The molecule has 160 valence electrons. The van der Waals surface area contributed by atoms with Crippen molar-refractivity contribution in [1.29, 1.82) is 5.26 Å². The van der Waals surface area contributed by atoms with Crippen molar-refractivity contribution in [2.24, 2.45) is 5.73 Å². The van der Waals surface area contributed by atoms with Crippen molar-refractivity contribution in [3.8, 4) is 17.4 Å². The normalized spacial score (nSPS) is 9.68. The first kappa shape index (κ1) is 23.8. The average molecular weight is 461 g/mol. The number of hydrogen-bond donors (Lipinski definition) is 2. The number of halogens is 2. The van der Waals surface area contributed by atoms with Crippen LogP contribution in [0.5, 0.6) is 0 Å². The molecular weight excluding hydrogens is 443 g/mol. The minimum absolute atomic E-state index is 0.250. The van der Waals surface area contributed by atoms with Gasteiger partial charge in [-0.15, -0.1) is 10.2 Å². The van der Waals surface area contributed by atoms with Crippen LogP contribution in [0.1, 0.15) is 18.1 Å². The van der Waals surface area contributed by atoms with Crippen LogP contribution in [0.2, 0.25) is 10.0 Å². The maximum atomic E-state index is 8.85. The Bertz CT molecular complexity index is 1110. The minimum atomic E-state index is 0.250. The van der Waals surface area contributed by atoms with E-state index in [9.17, 15) is 0 Å². The highest BCUT2D eigenvalue weighted by atomic mass is 35.5. The Morgan fingerprint density at radius 2 is 1.48 bits per heavy atom. The molecule has 13 heteroatoms. The molecule has 4 aromatic rings. The van der Waals surface area contributed by atoms with Gasteiger partial charge in [-0.1, -0.05) is 23.2 Å². The van der Waals surface area contributed by atoms with E-state index >= 15 is 0 Å². The number of aliphatic hydroxyl groups is 1. The highest BCUT2D eigenvalue weighted by Gasteiger charge is 2.06. The van der Waals surface area contributed by atoms with E-state index in [0.29, 0.717) is 27.8 Å². The molecule has 0 aliphatic rings. The Balaban J connectivity index is 0.000000196. The lowest BCUT2D eigenvalue weighted by Crippen LogP contribution is -2.05. The number of tetrazole rings is 2. The Hall–Kier alpha value is -3.43. The summed E-state index contributed by atoms with van der Waals surface area (Å²) < 4.78 is 2.97. The lowest BCUT2D eigenvalue weighted by Gasteiger charge is -2.06. The lowest BCUT2D eigenvalue weighted by atomic mass is 10.2. The lowest BCUT2D eigenvalue weighted by molar-refractivity contribution is 0.318. The van der Waals surface area contributed by atoms with Crippen molar-refractivity contribution < 1.29 is 5.11 Å². The van der Waals surface area contributed by atoms with E-state index in [-0.39, 0.29) is 6.61 Å². The van der Waals surface area contributed by atoms with Gasteiger partial charge in [-0.25, -0.2) is 4.68 Å². The highest BCUT2D eigenvalue weighted by molar-refractivity contribution is 6.31. The molecule has 3 N–H and O–H groups in total. The molecule has 0 radical (unpaired) electrons. The third-order valence-electron chi connectivity index (χ3n) is 3.53. The smallest absolute Gasteiger partial charge is 0.143 e. The van der Waals surface area contributed by atoms with Gasteiger partial charge in [0.25, 0.3) is 0 Å². The van der Waals surface area contributed by atoms with Crippen LogP contribution in [0.15, 0.2) is 49.1 Å². The highest BCUT2D eigenvalue weighted by Crippen LogP contribution is 2.18. The van der Waals surface area contributed by atoms with E-state index in [1.54, 1.807) is 41.9 Å². The summed E-state index contributed by atoms with van der Waals surface area (Å²) >= 11 is 11.6. The van der Waals surface area contributed by atoms with Crippen LogP contribution in [-0.4, -0.2) is 52.1 Å². The van der Waals surface area contributed by atoms with E-state index in [2.05, 4.69) is 31.1 Å². The van der Waals surface area contributed by atoms with E-state index in [4.69, 9.17) is 39.3 Å². The van der Waals surface area contributed by atoms with Crippen LogP contribution >= 0.6 is 23.2 Å². The third kappa shape index (κ3) is 6.80. The van der Waals surface area contributed by atoms with Crippen molar-refractivity contribution in [1.82, 2.24) is 40.4 Å². The van der Waals surface area contributed by atoms with Crippen LogP contribution in [0.4, 0.5) is 0 Å². The summed E-state index contributed by atoms with van der Waals surface area (Å²) in [6.07, 6.45) is 2.94. The summed E-state index contributed by atoms with van der Waals surface area (Å²) in [6, 6.07) is 12.4. The molecule has 2 aromatic heterocycles. The summed E-state index contributed by atoms with van der Waals surface area (Å²) in [6.45, 7) is 2.33. The molecule has 0 spiro atoms. The van der Waals surface area contributed by atoms with Gasteiger partial charge in [0, 0.05) is 23.2 Å². The van der Waals surface area contributed by atoms with Crippen LogP contribution in [0.25, 0.3) is 11.4 Å². The van der Waals surface area contributed by atoms with Gasteiger partial charge in [-0.3, -0.25) is 0 Å². The van der Waals surface area contributed by atoms with Gasteiger partial charge in [-0.05, 0) is 69.7 Å². The van der Waals surface area contributed by atoms with E-state index in [1.165, 1.54) is 17.3 Å². The van der Waals surface area contributed by atoms with Crippen molar-refractivity contribution in [2.75, 3.05) is 6.61 Å². The second-order valence-corrected chi connectivity index (χ2v) is 6.45. The Morgan fingerprint density at radius 3 is 1.97 bits per heavy atom. The molecule has 11 nitrogen and oxygen atoms in total. The monoisotopic (exact) mass is 460 g/mol. The molecule has 0 bridgehead atoms. The largest absolute Gasteiger partial charge is 0.397 e. The first-order chi connectivity index (χ1) is 15.0. The fourth-order valence-electron chi connectivity index (χ4n) is 2.28. The molecule has 31 heavy (non-hydrogen) atoms. The zero-order chi connectivity index (χ0) is 22.6. The standard InChI is InChI=1S/C8H8ClN5.C8H4ClN5.C2H6O/c2*9-7-1-2-8(6(3-7)4-10)14-5-11-12-13-14;1-2-3/h1-3,5H,4,10H2;1-3,5H;3H,2H2,1H3. The van der Waals surface area contributed by atoms with Gasteiger partial charge in [0.1, 0.15) is 18.7 Å². The van der Waals surface area contributed by atoms with E-state index < -0.39 is 0 Å². The predicted molar refractivity (Wildman–Crippen MR) is 114 cm³/mol. The molecule has 0 atom stereocenters. The molecule has 0 saturated heterocycles. The summed E-state index contributed by atoms with van der Waals surface area (Å²) in [5.74, 6) is 0. The number of aromatic nitrogens is 8. The predicted octanol–water partition coefficient (Wildman–Crippen LogP) is 1.96. The Morgan fingerprint density at radius 1 is 0.968 bits per heavy atom. The van der Waals surface area contributed by atoms with Gasteiger partial charge in [0.2, 0.25) is 0 Å². The number of nitrogens with two attached hydrogens (primary N) is 1. The molecule has 2 aromatic carbocycles. The summed E-state index contributed by atoms with van der Waals surface area (Å²) in [7, 11) is 0. The first-order valence-corrected chi connectivity index (χ1v) is 9.55. The van der Waals surface area contributed by atoms with E-state index in [1.807, 2.05) is 12.1 Å². The number of aliphatic hydroxyl groups excluding tert-OH is 1. The molecule has 4 rings (SSSR count). The second kappa shape index (κ2) is 12.3. The Labute approximate surface area is 187 Å². The minimum Gasteiger partial charge on any atom is -0.397 e. The van der Waals surface area contributed by atoms with Gasteiger partial charge >= 0.3 is 0 Å². The Kier molecular flexibility index (Phi) is 9.47. The van der Waals surface area contributed by atoms with Crippen LogP contribution in [0.3, 0.4) is 0 Å². The van der Waals surface area contributed by atoms with Crippen LogP contribution < -0.4 is 5.73 Å². The second-order valence-electron chi connectivity index (χ2n) is 5.58. The summed E-state index contributed by atoms with van der Waals surface area (Å²) in [5, 5.41) is 39.1. The molecule has 0 unspecified atom stereocenters. The molecule has 0 aliphatic carbocycles. The van der Waals surface area contributed by atoms with Crippen molar-refractivity contribution in [3.63, 3.8) is 0 Å². The molecular formula is C18H18Cl2N10O. The number of rotatable bonds is 3. The molecule has 0 saturated carbocycles. The van der Waals surface area contributed by atoms with E-state index in [0.717, 1.165) is 11.3 Å². The van der Waals surface area contributed by atoms with Gasteiger partial charge < -0.3 is 10.8 Å². The number of nitrogens with zero attached hydrogens (tertiary/aromatic N) is 9. The average Bonchev–Trinajstić information content (AvgIpc) is 3.49. The molecule has 0 aliphatic heterocycles. The van der Waals surface area contributed by atoms with Crippen molar-refractivity contribution >= 4 is 23.2 Å². The fraction of sp³-hybridized carbons (Fsp3) is 0.167. The fourth-order valence-corrected chi connectivity index (χ4v) is 2.65. The summed E-state index contributed by atoms with van der Waals surface area (Å²) in [4.78, 5) is 0.